The van der Waals surface area contributed by atoms with Gasteiger partial charge in [0.2, 0.25) is 0 Å². The Morgan fingerprint density at radius 3 is 2.83 bits per heavy atom. The molecular formula is C12H17FN2O2S. The number of anilines is 2. The third-order valence-corrected chi connectivity index (χ3v) is 3.19. The average Bonchev–Trinajstić information content (AvgIpc) is 2.33. The number of nitrogens with one attached hydrogen (secondary N) is 1. The van der Waals surface area contributed by atoms with Crippen LogP contribution in [0.15, 0.2) is 12.1 Å². The zero-order chi connectivity index (χ0) is 13.5. The number of hydrogen-bond acceptors (Lipinski definition) is 4. The molecule has 0 saturated carbocycles. The minimum atomic E-state index is -1.22. The maximum absolute atomic E-state index is 13.2. The van der Waals surface area contributed by atoms with Crippen molar-refractivity contribution in [1.82, 2.24) is 0 Å². The van der Waals surface area contributed by atoms with E-state index in [0.29, 0.717) is 12.2 Å². The molecule has 0 amide bonds. The molecule has 4 nitrogen and oxygen atoms in total. The van der Waals surface area contributed by atoms with Crippen LogP contribution < -0.4 is 11.1 Å². The van der Waals surface area contributed by atoms with Crippen molar-refractivity contribution in [3.8, 4) is 0 Å². The lowest BCUT2D eigenvalue weighted by atomic mass is 10.1. The first-order chi connectivity index (χ1) is 8.57. The number of halogens is 1. The molecular weight excluding hydrogens is 255 g/mol. The van der Waals surface area contributed by atoms with Crippen LogP contribution in [0.2, 0.25) is 0 Å². The highest BCUT2D eigenvalue weighted by Crippen LogP contribution is 2.25. The molecule has 6 heteroatoms. The van der Waals surface area contributed by atoms with Crippen LogP contribution in [0.5, 0.6) is 0 Å². The molecule has 1 aromatic carbocycles. The maximum Gasteiger partial charge on any atom is 0.340 e. The molecule has 100 valence electrons. The van der Waals surface area contributed by atoms with Crippen LogP contribution >= 0.6 is 11.8 Å². The van der Waals surface area contributed by atoms with E-state index in [2.05, 4.69) is 5.32 Å². The average molecular weight is 272 g/mol. The number of nitrogens with two attached hydrogens (primary N) is 1. The van der Waals surface area contributed by atoms with E-state index in [9.17, 15) is 9.18 Å². The van der Waals surface area contributed by atoms with E-state index in [0.717, 1.165) is 18.6 Å². The molecule has 0 aliphatic rings. The Labute approximate surface area is 110 Å². The number of hydrogen-bond donors (Lipinski definition) is 3. The van der Waals surface area contributed by atoms with Crippen molar-refractivity contribution in [2.75, 3.05) is 29.6 Å². The minimum absolute atomic E-state index is 0.195. The van der Waals surface area contributed by atoms with Crippen molar-refractivity contribution >= 4 is 29.1 Å². The summed E-state index contributed by atoms with van der Waals surface area (Å²) in [5, 5.41) is 12.0. The lowest BCUT2D eigenvalue weighted by Gasteiger charge is -2.11. The van der Waals surface area contributed by atoms with Gasteiger partial charge < -0.3 is 16.2 Å². The standard InChI is InChI=1S/C12H17FN2O2S/c1-18-7-3-2-6-15-9-5-4-8(13)11(14)10(9)12(16)17/h4-5,15H,2-3,6-7,14H2,1H3,(H,16,17). The Morgan fingerprint density at radius 2 is 2.22 bits per heavy atom. The Kier molecular flexibility index (Phi) is 5.77. The van der Waals surface area contributed by atoms with Gasteiger partial charge >= 0.3 is 5.97 Å². The van der Waals surface area contributed by atoms with Gasteiger partial charge in [-0.05, 0) is 37.0 Å². The quantitative estimate of drug-likeness (QED) is 0.525. The molecule has 4 N–H and O–H groups in total. The minimum Gasteiger partial charge on any atom is -0.478 e. The predicted molar refractivity (Wildman–Crippen MR) is 73.9 cm³/mol. The zero-order valence-corrected chi connectivity index (χ0v) is 11.0. The summed E-state index contributed by atoms with van der Waals surface area (Å²) in [5.74, 6) is -0.863. The number of thioether (sulfide) groups is 1. The van der Waals surface area contributed by atoms with Crippen molar-refractivity contribution in [3.05, 3.63) is 23.5 Å². The smallest absolute Gasteiger partial charge is 0.340 e. The Bertz CT molecular complexity index is 427. The number of carboxylic acid groups (broad SMARTS) is 1. The molecule has 18 heavy (non-hydrogen) atoms. The molecule has 0 unspecified atom stereocenters. The van der Waals surface area contributed by atoms with Gasteiger partial charge in [-0.25, -0.2) is 9.18 Å². The molecule has 0 aliphatic heterocycles. The largest absolute Gasteiger partial charge is 0.478 e. The van der Waals surface area contributed by atoms with Crippen LogP contribution in [0, 0.1) is 5.82 Å². The number of benzene rings is 1. The van der Waals surface area contributed by atoms with E-state index < -0.39 is 11.8 Å². The van der Waals surface area contributed by atoms with Gasteiger partial charge in [0.25, 0.3) is 0 Å². The van der Waals surface area contributed by atoms with Crippen molar-refractivity contribution in [3.63, 3.8) is 0 Å². The van der Waals surface area contributed by atoms with Crippen molar-refractivity contribution in [2.45, 2.75) is 12.8 Å². The lowest BCUT2D eigenvalue weighted by molar-refractivity contribution is 0.0698. The van der Waals surface area contributed by atoms with E-state index in [-0.39, 0.29) is 11.3 Å². The first kappa shape index (κ1) is 14.6. The van der Waals surface area contributed by atoms with Crippen LogP contribution in [0.25, 0.3) is 0 Å². The summed E-state index contributed by atoms with van der Waals surface area (Å²) in [5.41, 5.74) is 5.29. The highest BCUT2D eigenvalue weighted by molar-refractivity contribution is 7.98. The highest BCUT2D eigenvalue weighted by atomic mass is 32.2. The Balaban J connectivity index is 2.70. The SMILES string of the molecule is CSCCCCNc1ccc(F)c(N)c1C(=O)O. The summed E-state index contributed by atoms with van der Waals surface area (Å²) >= 11 is 1.77. The fourth-order valence-electron chi connectivity index (χ4n) is 1.57. The molecule has 0 saturated heterocycles. The zero-order valence-electron chi connectivity index (χ0n) is 10.2. The first-order valence-corrected chi connectivity index (χ1v) is 7.01. The molecule has 0 bridgehead atoms. The first-order valence-electron chi connectivity index (χ1n) is 5.62. The van der Waals surface area contributed by atoms with E-state index >= 15 is 0 Å². The van der Waals surface area contributed by atoms with Crippen LogP contribution in [-0.2, 0) is 0 Å². The fourth-order valence-corrected chi connectivity index (χ4v) is 2.06. The molecule has 0 fully saturated rings. The summed E-state index contributed by atoms with van der Waals surface area (Å²) in [6, 6.07) is 2.58. The van der Waals surface area contributed by atoms with E-state index in [1.165, 1.54) is 12.1 Å². The van der Waals surface area contributed by atoms with Gasteiger partial charge in [0.1, 0.15) is 11.4 Å². The second-order valence-electron chi connectivity index (χ2n) is 3.82. The molecule has 0 aliphatic carbocycles. The van der Waals surface area contributed by atoms with Gasteiger partial charge in [0.05, 0.1) is 11.4 Å². The van der Waals surface area contributed by atoms with E-state index in [4.69, 9.17) is 10.8 Å². The van der Waals surface area contributed by atoms with Crippen LogP contribution in [0.3, 0.4) is 0 Å². The Hall–Kier alpha value is -1.43. The van der Waals surface area contributed by atoms with E-state index in [1.54, 1.807) is 11.8 Å². The van der Waals surface area contributed by atoms with Gasteiger partial charge in [0.15, 0.2) is 0 Å². The fraction of sp³-hybridized carbons (Fsp3) is 0.417. The molecule has 0 radical (unpaired) electrons. The summed E-state index contributed by atoms with van der Waals surface area (Å²) < 4.78 is 13.2. The van der Waals surface area contributed by atoms with Crippen LogP contribution in [-0.4, -0.2) is 29.6 Å². The monoisotopic (exact) mass is 272 g/mol. The Morgan fingerprint density at radius 1 is 1.50 bits per heavy atom. The number of carbonyl (C=O) groups is 1. The summed E-state index contributed by atoms with van der Waals surface area (Å²) in [4.78, 5) is 11.0. The number of unbranched alkanes of at least 4 members (excludes halogenated alkanes) is 1. The van der Waals surface area contributed by atoms with Crippen LogP contribution in [0.4, 0.5) is 15.8 Å². The number of carboxylic acids is 1. The number of rotatable bonds is 7. The number of nitrogen functional groups attached to an aromatic ring is 1. The molecule has 1 aromatic rings. The van der Waals surface area contributed by atoms with E-state index in [1.807, 2.05) is 6.26 Å². The second-order valence-corrected chi connectivity index (χ2v) is 4.80. The topological polar surface area (TPSA) is 75.3 Å². The van der Waals surface area contributed by atoms with Gasteiger partial charge in [-0.15, -0.1) is 0 Å². The molecule has 0 aromatic heterocycles. The van der Waals surface area contributed by atoms with Crippen molar-refractivity contribution < 1.29 is 14.3 Å². The predicted octanol–water partition coefficient (Wildman–Crippen LogP) is 2.66. The second kappa shape index (κ2) is 7.10. The molecule has 0 atom stereocenters. The number of aromatic carboxylic acids is 1. The van der Waals surface area contributed by atoms with Crippen molar-refractivity contribution in [1.29, 1.82) is 0 Å². The lowest BCUT2D eigenvalue weighted by Crippen LogP contribution is -2.11. The van der Waals surface area contributed by atoms with Crippen molar-refractivity contribution in [2.24, 2.45) is 0 Å². The summed E-state index contributed by atoms with van der Waals surface area (Å²) in [6.45, 7) is 0.645. The third kappa shape index (κ3) is 3.80. The van der Waals surface area contributed by atoms with Gasteiger partial charge in [-0.2, -0.15) is 11.8 Å². The van der Waals surface area contributed by atoms with Crippen LogP contribution in [0.1, 0.15) is 23.2 Å². The maximum atomic E-state index is 13.2. The van der Waals surface area contributed by atoms with Gasteiger partial charge in [0, 0.05) is 6.54 Å². The molecule has 1 rings (SSSR count). The summed E-state index contributed by atoms with van der Waals surface area (Å²) in [6.07, 6.45) is 4.01. The normalized spacial score (nSPS) is 10.3. The highest BCUT2D eigenvalue weighted by Gasteiger charge is 2.16. The third-order valence-electron chi connectivity index (χ3n) is 2.50. The van der Waals surface area contributed by atoms with Gasteiger partial charge in [-0.1, -0.05) is 0 Å². The molecule has 0 spiro atoms. The summed E-state index contributed by atoms with van der Waals surface area (Å²) in [7, 11) is 0. The van der Waals surface area contributed by atoms with Gasteiger partial charge in [-0.3, -0.25) is 0 Å². The molecule has 0 heterocycles.